The van der Waals surface area contributed by atoms with Crippen LogP contribution < -0.4 is 5.73 Å². The average Bonchev–Trinajstić information content (AvgIpc) is 3.06. The maximum Gasteiger partial charge on any atom is 0.419 e. The number of hydrogen-bond donors (Lipinski definition) is 1. The van der Waals surface area contributed by atoms with Crippen LogP contribution in [0.3, 0.4) is 0 Å². The van der Waals surface area contributed by atoms with E-state index in [4.69, 9.17) is 5.73 Å². The molecule has 2 N–H and O–H groups in total. The molecule has 0 unspecified atom stereocenters. The second-order valence-electron chi connectivity index (χ2n) is 6.03. The first-order valence-electron chi connectivity index (χ1n) is 7.72. The highest BCUT2D eigenvalue weighted by molar-refractivity contribution is 5.63. The van der Waals surface area contributed by atoms with E-state index < -0.39 is 17.6 Å². The molecule has 124 valence electrons. The van der Waals surface area contributed by atoms with Crippen molar-refractivity contribution in [3.63, 3.8) is 0 Å². The third-order valence-electron chi connectivity index (χ3n) is 5.00. The van der Waals surface area contributed by atoms with E-state index >= 15 is 0 Å². The molecule has 2 aromatic rings. The number of alkyl halides is 3. The van der Waals surface area contributed by atoms with Gasteiger partial charge >= 0.3 is 6.18 Å². The molecule has 4 nitrogen and oxygen atoms in total. The quantitative estimate of drug-likeness (QED) is 0.928. The van der Waals surface area contributed by atoms with Crippen molar-refractivity contribution in [2.45, 2.75) is 51.2 Å². The molecule has 0 amide bonds. The van der Waals surface area contributed by atoms with Gasteiger partial charge in [-0.3, -0.25) is 4.68 Å². The van der Waals surface area contributed by atoms with Crippen molar-refractivity contribution in [3.8, 4) is 11.3 Å². The van der Waals surface area contributed by atoms with Gasteiger partial charge in [0.05, 0.1) is 11.3 Å². The number of halogens is 3. The van der Waals surface area contributed by atoms with Crippen LogP contribution in [0, 0.1) is 0 Å². The Kier molecular flexibility index (Phi) is 3.61. The molecular formula is C16H19F3N4. The Morgan fingerprint density at radius 2 is 1.96 bits per heavy atom. The fourth-order valence-corrected chi connectivity index (χ4v) is 3.41. The van der Waals surface area contributed by atoms with Crippen molar-refractivity contribution < 1.29 is 13.2 Å². The van der Waals surface area contributed by atoms with Gasteiger partial charge in [0.25, 0.3) is 0 Å². The van der Waals surface area contributed by atoms with E-state index in [2.05, 4.69) is 23.9 Å². The zero-order valence-electron chi connectivity index (χ0n) is 13.1. The molecule has 0 atom stereocenters. The molecule has 1 aliphatic heterocycles. The lowest BCUT2D eigenvalue weighted by atomic mass is 9.78. The van der Waals surface area contributed by atoms with E-state index in [-0.39, 0.29) is 5.41 Å². The van der Waals surface area contributed by atoms with Crippen LogP contribution in [0.15, 0.2) is 18.3 Å². The monoisotopic (exact) mass is 324 g/mol. The molecular weight excluding hydrogens is 305 g/mol. The number of anilines is 1. The van der Waals surface area contributed by atoms with Gasteiger partial charge in [0.1, 0.15) is 5.82 Å². The average molecular weight is 324 g/mol. The van der Waals surface area contributed by atoms with Gasteiger partial charge in [-0.25, -0.2) is 4.98 Å². The number of aryl methyl sites for hydroxylation is 1. The minimum absolute atomic E-state index is 0.0688. The molecule has 0 saturated carbocycles. The molecule has 0 aliphatic carbocycles. The van der Waals surface area contributed by atoms with Gasteiger partial charge in [0.2, 0.25) is 0 Å². The van der Waals surface area contributed by atoms with Gasteiger partial charge in [-0.2, -0.15) is 18.3 Å². The molecule has 2 aromatic heterocycles. The van der Waals surface area contributed by atoms with Crippen LogP contribution in [-0.2, 0) is 18.1 Å². The van der Waals surface area contributed by atoms with E-state index in [1.807, 2.05) is 10.7 Å². The maximum absolute atomic E-state index is 13.0. The van der Waals surface area contributed by atoms with E-state index in [9.17, 15) is 13.2 Å². The number of pyridine rings is 1. The van der Waals surface area contributed by atoms with Crippen LogP contribution >= 0.6 is 0 Å². The fourth-order valence-electron chi connectivity index (χ4n) is 3.41. The Hall–Kier alpha value is -2.05. The summed E-state index contributed by atoms with van der Waals surface area (Å²) in [5, 5.41) is 4.47. The summed E-state index contributed by atoms with van der Waals surface area (Å²) >= 11 is 0. The smallest absolute Gasteiger partial charge is 0.383 e. The highest BCUT2D eigenvalue weighted by atomic mass is 19.4. The molecule has 3 rings (SSSR count). The highest BCUT2D eigenvalue weighted by Crippen LogP contribution is 2.42. The largest absolute Gasteiger partial charge is 0.419 e. The lowest BCUT2D eigenvalue weighted by Gasteiger charge is -2.24. The summed E-state index contributed by atoms with van der Waals surface area (Å²) in [6, 6.07) is 2.92. The molecule has 0 radical (unpaired) electrons. The molecule has 23 heavy (non-hydrogen) atoms. The number of hydrogen-bond acceptors (Lipinski definition) is 3. The molecule has 0 saturated heterocycles. The zero-order valence-corrected chi connectivity index (χ0v) is 13.1. The normalized spacial score (nSPS) is 16.6. The molecule has 0 spiro atoms. The van der Waals surface area contributed by atoms with Crippen LogP contribution in [0.5, 0.6) is 0 Å². The van der Waals surface area contributed by atoms with Gasteiger partial charge in [-0.05, 0) is 31.4 Å². The topological polar surface area (TPSA) is 56.7 Å². The maximum atomic E-state index is 13.0. The van der Waals surface area contributed by atoms with E-state index in [1.165, 1.54) is 6.20 Å². The van der Waals surface area contributed by atoms with Crippen LogP contribution in [0.25, 0.3) is 11.3 Å². The summed E-state index contributed by atoms with van der Waals surface area (Å²) in [7, 11) is 0. The van der Waals surface area contributed by atoms with Crippen molar-refractivity contribution in [2.75, 3.05) is 5.73 Å². The minimum atomic E-state index is -4.52. The van der Waals surface area contributed by atoms with Crippen molar-refractivity contribution >= 4 is 5.82 Å². The summed E-state index contributed by atoms with van der Waals surface area (Å²) in [6.45, 7) is 5.07. The van der Waals surface area contributed by atoms with Crippen molar-refractivity contribution in [1.82, 2.24) is 14.8 Å². The van der Waals surface area contributed by atoms with Gasteiger partial charge in [0.15, 0.2) is 0 Å². The SMILES string of the molecule is CCC1(CC)CCn2nc(-c3cnc(N)c(C(F)(F)F)c3)cc21. The molecule has 7 heteroatoms. The second kappa shape index (κ2) is 5.25. The van der Waals surface area contributed by atoms with Crippen LogP contribution in [-0.4, -0.2) is 14.8 Å². The molecule has 3 heterocycles. The highest BCUT2D eigenvalue weighted by Gasteiger charge is 2.38. The zero-order chi connectivity index (χ0) is 16.8. The number of aromatic nitrogens is 3. The van der Waals surface area contributed by atoms with Gasteiger partial charge in [-0.1, -0.05) is 13.8 Å². The summed E-state index contributed by atoms with van der Waals surface area (Å²) in [6.07, 6.45) is -0.171. The standard InChI is InChI=1S/C16H19F3N4/c1-3-15(4-2)5-6-23-13(15)8-12(22-23)10-7-11(16(17,18)19)14(20)21-9-10/h7-9H,3-6H2,1-2H3,(H2,20,21). The second-order valence-corrected chi connectivity index (χ2v) is 6.03. The van der Waals surface area contributed by atoms with Crippen LogP contribution in [0.1, 0.15) is 44.4 Å². The van der Waals surface area contributed by atoms with E-state index in [0.717, 1.165) is 37.6 Å². The summed E-state index contributed by atoms with van der Waals surface area (Å²) in [4.78, 5) is 3.69. The van der Waals surface area contributed by atoms with Gasteiger partial charge in [-0.15, -0.1) is 0 Å². The van der Waals surface area contributed by atoms with E-state index in [1.54, 1.807) is 0 Å². The first kappa shape index (κ1) is 15.8. The first-order chi connectivity index (χ1) is 10.8. The van der Waals surface area contributed by atoms with Crippen LogP contribution in [0.2, 0.25) is 0 Å². The number of rotatable bonds is 3. The van der Waals surface area contributed by atoms with Crippen LogP contribution in [0.4, 0.5) is 19.0 Å². The summed E-state index contributed by atoms with van der Waals surface area (Å²) in [5.41, 5.74) is 6.47. The lowest BCUT2D eigenvalue weighted by molar-refractivity contribution is -0.137. The Labute approximate surface area is 132 Å². The lowest BCUT2D eigenvalue weighted by Crippen LogP contribution is -2.20. The predicted octanol–water partition coefficient (Wildman–Crippen LogP) is 4.01. The third-order valence-corrected chi connectivity index (χ3v) is 5.00. The van der Waals surface area contributed by atoms with E-state index in [0.29, 0.717) is 11.3 Å². The summed E-state index contributed by atoms with van der Waals surface area (Å²) < 4.78 is 40.9. The van der Waals surface area contributed by atoms with Gasteiger partial charge in [0, 0.05) is 29.4 Å². The third kappa shape index (κ3) is 2.48. The Bertz CT molecular complexity index is 729. The fraction of sp³-hybridized carbons (Fsp3) is 0.500. The number of fused-ring (bicyclic) bond motifs is 1. The Morgan fingerprint density at radius 3 is 2.57 bits per heavy atom. The minimum Gasteiger partial charge on any atom is -0.383 e. The van der Waals surface area contributed by atoms with Crippen molar-refractivity contribution in [1.29, 1.82) is 0 Å². The molecule has 1 aliphatic rings. The Balaban J connectivity index is 2.06. The molecule has 0 bridgehead atoms. The van der Waals surface area contributed by atoms with Gasteiger partial charge < -0.3 is 5.73 Å². The molecule has 0 fully saturated rings. The predicted molar refractivity (Wildman–Crippen MR) is 81.7 cm³/mol. The number of nitrogen functional groups attached to an aromatic ring is 1. The summed E-state index contributed by atoms with van der Waals surface area (Å²) in [5.74, 6) is -0.510. The van der Waals surface area contributed by atoms with Crippen molar-refractivity contribution in [2.24, 2.45) is 0 Å². The Morgan fingerprint density at radius 1 is 1.26 bits per heavy atom. The number of nitrogens with two attached hydrogens (primary N) is 1. The molecule has 0 aromatic carbocycles. The van der Waals surface area contributed by atoms with Crippen molar-refractivity contribution in [3.05, 3.63) is 29.6 Å². The number of nitrogens with zero attached hydrogens (tertiary/aromatic N) is 3. The first-order valence-corrected chi connectivity index (χ1v) is 7.72.